The second-order valence-electron chi connectivity index (χ2n) is 6.09. The molecule has 2 fully saturated rings. The molecule has 0 aromatic carbocycles. The van der Waals surface area contributed by atoms with E-state index in [9.17, 15) is 0 Å². The lowest BCUT2D eigenvalue weighted by Gasteiger charge is -2.54. The zero-order valence-corrected chi connectivity index (χ0v) is 10.8. The van der Waals surface area contributed by atoms with E-state index in [1.165, 1.54) is 44.9 Å². The van der Waals surface area contributed by atoms with Crippen molar-refractivity contribution in [1.29, 1.82) is 0 Å². The predicted molar refractivity (Wildman–Crippen MR) is 66.0 cm³/mol. The summed E-state index contributed by atoms with van der Waals surface area (Å²) in [6.07, 6.45) is 10.5. The third-order valence-electron chi connectivity index (χ3n) is 5.55. The fourth-order valence-corrected chi connectivity index (χ4v) is 6.02. The molecule has 0 nitrogen and oxygen atoms in total. The van der Waals surface area contributed by atoms with Crippen molar-refractivity contribution in [3.63, 3.8) is 0 Å². The summed E-state index contributed by atoms with van der Waals surface area (Å²) >= 11 is 3.94. The van der Waals surface area contributed by atoms with Crippen LogP contribution in [0.3, 0.4) is 0 Å². The fraction of sp³-hybridized carbons (Fsp3) is 0.857. The average molecular weight is 267 g/mol. The maximum absolute atomic E-state index is 3.94. The SMILES string of the molecule is BrC1CC2CCC1C1=C2C2CCC1CC2. The Morgan fingerprint density at radius 1 is 0.733 bits per heavy atom. The molecule has 0 aliphatic heterocycles. The van der Waals surface area contributed by atoms with Gasteiger partial charge in [-0.05, 0) is 68.6 Å². The molecule has 0 radical (unpaired) electrons. The molecule has 1 heteroatoms. The number of rotatable bonds is 0. The Labute approximate surface area is 101 Å². The van der Waals surface area contributed by atoms with E-state index >= 15 is 0 Å². The lowest BCUT2D eigenvalue weighted by Crippen LogP contribution is -2.43. The summed E-state index contributed by atoms with van der Waals surface area (Å²) in [6, 6.07) is 0. The summed E-state index contributed by atoms with van der Waals surface area (Å²) < 4.78 is 0. The summed E-state index contributed by atoms with van der Waals surface area (Å²) in [4.78, 5) is 0.828. The van der Waals surface area contributed by atoms with Crippen LogP contribution in [-0.4, -0.2) is 4.83 Å². The molecular weight excluding hydrogens is 248 g/mol. The van der Waals surface area contributed by atoms with Gasteiger partial charge in [0, 0.05) is 4.83 Å². The van der Waals surface area contributed by atoms with Gasteiger partial charge in [-0.3, -0.25) is 0 Å². The van der Waals surface area contributed by atoms with Gasteiger partial charge in [0.15, 0.2) is 0 Å². The Morgan fingerprint density at radius 2 is 1.33 bits per heavy atom. The van der Waals surface area contributed by atoms with Crippen molar-refractivity contribution in [2.24, 2.45) is 23.7 Å². The molecule has 82 valence electrons. The van der Waals surface area contributed by atoms with Crippen molar-refractivity contribution in [3.05, 3.63) is 11.1 Å². The molecule has 3 unspecified atom stereocenters. The second-order valence-corrected chi connectivity index (χ2v) is 7.27. The Kier molecular flexibility index (Phi) is 1.93. The third kappa shape index (κ3) is 1.14. The normalized spacial score (nSPS) is 52.2. The minimum atomic E-state index is 0.828. The van der Waals surface area contributed by atoms with E-state index < -0.39 is 0 Å². The van der Waals surface area contributed by atoms with Crippen LogP contribution in [0.4, 0.5) is 0 Å². The average Bonchev–Trinajstić information content (AvgIpc) is 2.31. The Balaban J connectivity index is 1.86. The van der Waals surface area contributed by atoms with Crippen LogP contribution in [0.25, 0.3) is 0 Å². The molecule has 0 aromatic heterocycles. The lowest BCUT2D eigenvalue weighted by molar-refractivity contribution is 0.179. The number of allylic oxidation sites excluding steroid dienone is 2. The molecule has 0 spiro atoms. The van der Waals surface area contributed by atoms with Crippen LogP contribution in [0.15, 0.2) is 11.1 Å². The first kappa shape index (κ1) is 9.27. The summed E-state index contributed by atoms with van der Waals surface area (Å²) in [5, 5.41) is 0. The van der Waals surface area contributed by atoms with Gasteiger partial charge in [-0.25, -0.2) is 0 Å². The minimum absolute atomic E-state index is 0.828. The van der Waals surface area contributed by atoms with Gasteiger partial charge >= 0.3 is 0 Å². The highest BCUT2D eigenvalue weighted by molar-refractivity contribution is 9.09. The Bertz CT molecular complexity index is 322. The van der Waals surface area contributed by atoms with E-state index in [0.29, 0.717) is 0 Å². The van der Waals surface area contributed by atoms with Crippen molar-refractivity contribution in [3.8, 4) is 0 Å². The molecular formula is C14H19Br. The second kappa shape index (κ2) is 3.12. The van der Waals surface area contributed by atoms with Gasteiger partial charge in [-0.2, -0.15) is 0 Å². The van der Waals surface area contributed by atoms with Crippen molar-refractivity contribution in [2.75, 3.05) is 0 Å². The molecule has 15 heavy (non-hydrogen) atoms. The van der Waals surface area contributed by atoms with Crippen LogP contribution in [0, 0.1) is 23.7 Å². The topological polar surface area (TPSA) is 0 Å². The van der Waals surface area contributed by atoms with E-state index in [0.717, 1.165) is 28.5 Å². The standard InChI is InChI=1S/C14H19Br/c15-12-7-10-5-6-11(12)14-9-3-1-8(2-4-9)13(10)14/h8-12H,1-7H2. The minimum Gasteiger partial charge on any atom is -0.0884 e. The van der Waals surface area contributed by atoms with E-state index in [2.05, 4.69) is 15.9 Å². The summed E-state index contributed by atoms with van der Waals surface area (Å²) in [7, 11) is 0. The van der Waals surface area contributed by atoms with Gasteiger partial charge in [-0.1, -0.05) is 27.1 Å². The zero-order chi connectivity index (χ0) is 9.99. The fourth-order valence-electron chi connectivity index (χ4n) is 5.02. The van der Waals surface area contributed by atoms with Gasteiger partial charge < -0.3 is 0 Å². The Morgan fingerprint density at radius 3 is 2.00 bits per heavy atom. The first-order valence-corrected chi connectivity index (χ1v) is 7.64. The first-order chi connectivity index (χ1) is 7.34. The third-order valence-corrected chi connectivity index (χ3v) is 6.56. The molecule has 6 aliphatic carbocycles. The van der Waals surface area contributed by atoms with Crippen molar-refractivity contribution < 1.29 is 0 Å². The predicted octanol–water partition coefficient (Wildman–Crippen LogP) is 4.30. The molecule has 4 bridgehead atoms. The highest BCUT2D eigenvalue weighted by Gasteiger charge is 2.48. The van der Waals surface area contributed by atoms with E-state index in [-0.39, 0.29) is 0 Å². The quantitative estimate of drug-likeness (QED) is 0.453. The lowest BCUT2D eigenvalue weighted by atomic mass is 9.53. The molecule has 0 N–H and O–H groups in total. The summed E-state index contributed by atoms with van der Waals surface area (Å²) in [5.74, 6) is 3.97. The van der Waals surface area contributed by atoms with Crippen LogP contribution in [0.1, 0.15) is 44.9 Å². The van der Waals surface area contributed by atoms with Gasteiger partial charge in [0.05, 0.1) is 0 Å². The van der Waals surface area contributed by atoms with E-state index in [1.54, 1.807) is 0 Å². The van der Waals surface area contributed by atoms with Gasteiger partial charge in [0.2, 0.25) is 0 Å². The molecule has 3 atom stereocenters. The maximum atomic E-state index is 3.94. The number of fused-ring (bicyclic) bond motifs is 4. The highest BCUT2D eigenvalue weighted by Crippen LogP contribution is 2.59. The smallest absolute Gasteiger partial charge is 0.0217 e. The van der Waals surface area contributed by atoms with Crippen LogP contribution in [0.5, 0.6) is 0 Å². The molecule has 6 rings (SSSR count). The zero-order valence-electron chi connectivity index (χ0n) is 9.21. The van der Waals surface area contributed by atoms with Gasteiger partial charge in [0.25, 0.3) is 0 Å². The Hall–Kier alpha value is 0.220. The molecule has 2 saturated carbocycles. The number of hydrogen-bond donors (Lipinski definition) is 0. The number of alkyl halides is 1. The number of halogens is 1. The van der Waals surface area contributed by atoms with E-state index in [1.807, 2.05) is 11.1 Å². The van der Waals surface area contributed by atoms with Crippen LogP contribution in [-0.2, 0) is 0 Å². The maximum Gasteiger partial charge on any atom is 0.0217 e. The highest BCUT2D eigenvalue weighted by atomic mass is 79.9. The van der Waals surface area contributed by atoms with Crippen molar-refractivity contribution in [2.45, 2.75) is 49.8 Å². The van der Waals surface area contributed by atoms with Crippen molar-refractivity contribution in [1.82, 2.24) is 0 Å². The number of hydrogen-bond acceptors (Lipinski definition) is 0. The summed E-state index contributed by atoms with van der Waals surface area (Å²) in [6.45, 7) is 0. The summed E-state index contributed by atoms with van der Waals surface area (Å²) in [5.41, 5.74) is 3.96. The molecule has 0 saturated heterocycles. The van der Waals surface area contributed by atoms with Gasteiger partial charge in [-0.15, -0.1) is 0 Å². The molecule has 0 heterocycles. The largest absolute Gasteiger partial charge is 0.0884 e. The molecule has 6 aliphatic rings. The van der Waals surface area contributed by atoms with E-state index in [4.69, 9.17) is 0 Å². The molecule has 0 aromatic rings. The molecule has 0 amide bonds. The van der Waals surface area contributed by atoms with Crippen LogP contribution in [0.2, 0.25) is 0 Å². The van der Waals surface area contributed by atoms with Gasteiger partial charge in [0.1, 0.15) is 0 Å². The first-order valence-electron chi connectivity index (χ1n) is 6.72. The van der Waals surface area contributed by atoms with Crippen LogP contribution < -0.4 is 0 Å². The monoisotopic (exact) mass is 266 g/mol. The van der Waals surface area contributed by atoms with Crippen molar-refractivity contribution >= 4 is 15.9 Å². The van der Waals surface area contributed by atoms with Crippen LogP contribution >= 0.6 is 15.9 Å².